The van der Waals surface area contributed by atoms with E-state index in [0.29, 0.717) is 31.1 Å². The highest BCUT2D eigenvalue weighted by Gasteiger charge is 2.26. The quantitative estimate of drug-likeness (QED) is 0.516. The summed E-state index contributed by atoms with van der Waals surface area (Å²) < 4.78 is 11.7. The molecule has 2 aromatic carbocycles. The number of para-hydroxylation sites is 2. The molecule has 1 aliphatic rings. The van der Waals surface area contributed by atoms with Crippen LogP contribution < -0.4 is 19.7 Å². The predicted molar refractivity (Wildman–Crippen MR) is 130 cm³/mol. The topological polar surface area (TPSA) is 101 Å². The maximum Gasteiger partial charge on any atom is 0.339 e. The number of carbonyl (C=O) groups is 2. The Hall–Kier alpha value is -4.07. The number of hydrogen-bond acceptors (Lipinski definition) is 6. The summed E-state index contributed by atoms with van der Waals surface area (Å²) >= 11 is 0. The van der Waals surface area contributed by atoms with Crippen molar-refractivity contribution in [1.82, 2.24) is 4.98 Å². The van der Waals surface area contributed by atoms with Gasteiger partial charge in [-0.1, -0.05) is 32.0 Å². The molecule has 0 fully saturated rings. The Balaban J connectivity index is 1.67. The summed E-state index contributed by atoms with van der Waals surface area (Å²) in [5, 5.41) is 12.4. The van der Waals surface area contributed by atoms with E-state index in [9.17, 15) is 14.7 Å². The molecule has 0 bridgehead atoms. The van der Waals surface area contributed by atoms with E-state index in [1.165, 1.54) is 6.07 Å². The molecular formula is C26H27N3O5. The van der Waals surface area contributed by atoms with E-state index in [1.54, 1.807) is 30.5 Å². The number of nitrogens with zero attached hydrogens (tertiary/aromatic N) is 2. The van der Waals surface area contributed by atoms with Crippen LogP contribution in [-0.4, -0.2) is 41.7 Å². The number of pyridine rings is 1. The summed E-state index contributed by atoms with van der Waals surface area (Å²) in [4.78, 5) is 31.6. The van der Waals surface area contributed by atoms with Gasteiger partial charge in [-0.2, -0.15) is 0 Å². The lowest BCUT2D eigenvalue weighted by Gasteiger charge is -2.31. The Morgan fingerprint density at radius 3 is 2.62 bits per heavy atom. The number of carboxylic acids is 1. The molecular weight excluding hydrogens is 434 g/mol. The molecule has 8 nitrogen and oxygen atoms in total. The molecule has 0 radical (unpaired) electrons. The largest absolute Gasteiger partial charge is 0.490 e. The third-order valence-electron chi connectivity index (χ3n) is 5.32. The molecule has 1 aliphatic heterocycles. The van der Waals surface area contributed by atoms with Gasteiger partial charge in [0.2, 0.25) is 0 Å². The minimum absolute atomic E-state index is 0.0126. The normalized spacial score (nSPS) is 12.6. The van der Waals surface area contributed by atoms with Gasteiger partial charge in [-0.05, 0) is 48.7 Å². The van der Waals surface area contributed by atoms with E-state index < -0.39 is 11.9 Å². The fourth-order valence-electron chi connectivity index (χ4n) is 3.68. The lowest BCUT2D eigenvalue weighted by molar-refractivity contribution is 0.0691. The van der Waals surface area contributed by atoms with Crippen molar-refractivity contribution >= 4 is 29.1 Å². The van der Waals surface area contributed by atoms with Crippen LogP contribution in [-0.2, 0) is 0 Å². The van der Waals surface area contributed by atoms with Crippen molar-refractivity contribution in [3.63, 3.8) is 0 Å². The first kappa shape index (κ1) is 23.1. The van der Waals surface area contributed by atoms with E-state index in [-0.39, 0.29) is 22.9 Å². The lowest BCUT2D eigenvalue weighted by atomic mass is 10.1. The Labute approximate surface area is 198 Å². The second-order valence-corrected chi connectivity index (χ2v) is 8.49. The number of nitrogens with one attached hydrogen (secondary N) is 1. The highest BCUT2D eigenvalue weighted by Crippen LogP contribution is 2.39. The summed E-state index contributed by atoms with van der Waals surface area (Å²) in [5.41, 5.74) is 2.41. The first-order chi connectivity index (χ1) is 16.3. The molecule has 1 aromatic heterocycles. The van der Waals surface area contributed by atoms with Crippen LogP contribution in [0.1, 0.15) is 40.1 Å². The van der Waals surface area contributed by atoms with E-state index in [2.05, 4.69) is 10.3 Å². The number of amides is 1. The van der Waals surface area contributed by atoms with Gasteiger partial charge in [0.15, 0.2) is 11.5 Å². The summed E-state index contributed by atoms with van der Waals surface area (Å²) in [6.07, 6.45) is 1.80. The van der Waals surface area contributed by atoms with Gasteiger partial charge in [-0.3, -0.25) is 4.79 Å². The van der Waals surface area contributed by atoms with Crippen molar-refractivity contribution in [2.45, 2.75) is 20.8 Å². The molecule has 176 valence electrons. The molecule has 3 aromatic rings. The Morgan fingerprint density at radius 2 is 1.91 bits per heavy atom. The van der Waals surface area contributed by atoms with Crippen LogP contribution in [0, 0.1) is 12.8 Å². The number of hydrogen-bond donors (Lipinski definition) is 2. The number of aromatic nitrogens is 1. The van der Waals surface area contributed by atoms with Crippen molar-refractivity contribution in [2.75, 3.05) is 30.0 Å². The van der Waals surface area contributed by atoms with E-state index in [1.807, 2.05) is 43.9 Å². The maximum absolute atomic E-state index is 13.3. The van der Waals surface area contributed by atoms with E-state index >= 15 is 0 Å². The number of benzene rings is 2. The Bertz CT molecular complexity index is 1210. The SMILES string of the molecule is Cc1ccc(N2CCOc3c(C(=O)Nc4cccc(C(=O)O)c4OCC(C)C)cccc32)nc1. The molecule has 0 unspecified atom stereocenters. The molecule has 0 saturated carbocycles. The second-order valence-electron chi connectivity index (χ2n) is 8.49. The van der Waals surface area contributed by atoms with Crippen LogP contribution >= 0.6 is 0 Å². The van der Waals surface area contributed by atoms with Crippen LogP contribution in [0.4, 0.5) is 17.2 Å². The van der Waals surface area contributed by atoms with Crippen molar-refractivity contribution in [2.24, 2.45) is 5.92 Å². The highest BCUT2D eigenvalue weighted by molar-refractivity contribution is 6.09. The van der Waals surface area contributed by atoms with Crippen LogP contribution in [0.3, 0.4) is 0 Å². The number of carboxylic acid groups (broad SMARTS) is 1. The van der Waals surface area contributed by atoms with E-state index in [4.69, 9.17) is 9.47 Å². The third kappa shape index (κ3) is 4.80. The van der Waals surface area contributed by atoms with Gasteiger partial charge in [0, 0.05) is 6.20 Å². The summed E-state index contributed by atoms with van der Waals surface area (Å²) in [6, 6.07) is 13.9. The zero-order valence-electron chi connectivity index (χ0n) is 19.4. The van der Waals surface area contributed by atoms with Gasteiger partial charge in [-0.25, -0.2) is 9.78 Å². The van der Waals surface area contributed by atoms with Crippen LogP contribution in [0.15, 0.2) is 54.7 Å². The van der Waals surface area contributed by atoms with Gasteiger partial charge in [0.1, 0.15) is 18.0 Å². The lowest BCUT2D eigenvalue weighted by Crippen LogP contribution is -2.30. The van der Waals surface area contributed by atoms with Gasteiger partial charge in [-0.15, -0.1) is 0 Å². The number of aryl methyl sites for hydroxylation is 1. The van der Waals surface area contributed by atoms with Gasteiger partial charge in [0.25, 0.3) is 5.91 Å². The highest BCUT2D eigenvalue weighted by atomic mass is 16.5. The molecule has 4 rings (SSSR count). The molecule has 0 saturated heterocycles. The first-order valence-electron chi connectivity index (χ1n) is 11.1. The average Bonchev–Trinajstić information content (AvgIpc) is 2.82. The zero-order chi connectivity index (χ0) is 24.2. The van der Waals surface area contributed by atoms with Gasteiger partial charge < -0.3 is 24.8 Å². The fraction of sp³-hybridized carbons (Fsp3) is 0.269. The first-order valence-corrected chi connectivity index (χ1v) is 11.1. The number of aromatic carboxylic acids is 1. The molecule has 8 heteroatoms. The number of fused-ring (bicyclic) bond motifs is 1. The Kier molecular flexibility index (Phi) is 6.67. The predicted octanol–water partition coefficient (Wildman–Crippen LogP) is 4.91. The van der Waals surface area contributed by atoms with Crippen LogP contribution in [0.25, 0.3) is 0 Å². The monoisotopic (exact) mass is 461 g/mol. The molecule has 0 spiro atoms. The van der Waals surface area contributed by atoms with Crippen LogP contribution in [0.5, 0.6) is 11.5 Å². The molecule has 0 aliphatic carbocycles. The van der Waals surface area contributed by atoms with Gasteiger partial charge in [0.05, 0.1) is 30.1 Å². The molecule has 0 atom stereocenters. The molecule has 2 heterocycles. The fourth-order valence-corrected chi connectivity index (χ4v) is 3.68. The zero-order valence-corrected chi connectivity index (χ0v) is 19.4. The van der Waals surface area contributed by atoms with Gasteiger partial charge >= 0.3 is 5.97 Å². The second kappa shape index (κ2) is 9.82. The molecule has 1 amide bonds. The number of carbonyl (C=O) groups excluding carboxylic acids is 1. The number of anilines is 3. The van der Waals surface area contributed by atoms with Crippen LogP contribution in [0.2, 0.25) is 0 Å². The summed E-state index contributed by atoms with van der Waals surface area (Å²) in [5.74, 6) is -0.0162. The maximum atomic E-state index is 13.3. The van der Waals surface area contributed by atoms with Crippen molar-refractivity contribution in [3.05, 3.63) is 71.4 Å². The van der Waals surface area contributed by atoms with Crippen molar-refractivity contribution in [3.8, 4) is 11.5 Å². The van der Waals surface area contributed by atoms with Crippen molar-refractivity contribution in [1.29, 1.82) is 0 Å². The standard InChI is InChI=1S/C26H27N3O5/c1-16(2)15-34-23-19(26(31)32)7-4-8-20(23)28-25(30)18-6-5-9-21-24(18)33-13-12-29(21)22-11-10-17(3)14-27-22/h4-11,14,16H,12-13,15H2,1-3H3,(H,28,30)(H,31,32). The Morgan fingerprint density at radius 1 is 1.15 bits per heavy atom. The van der Waals surface area contributed by atoms with E-state index in [0.717, 1.165) is 17.1 Å². The third-order valence-corrected chi connectivity index (χ3v) is 5.32. The number of rotatable bonds is 7. The molecule has 2 N–H and O–H groups in total. The smallest absolute Gasteiger partial charge is 0.339 e. The minimum atomic E-state index is -1.13. The van der Waals surface area contributed by atoms with Crippen molar-refractivity contribution < 1.29 is 24.2 Å². The summed E-state index contributed by atoms with van der Waals surface area (Å²) in [7, 11) is 0. The molecule has 34 heavy (non-hydrogen) atoms. The summed E-state index contributed by atoms with van der Waals surface area (Å²) in [6.45, 7) is 7.21. The average molecular weight is 462 g/mol. The minimum Gasteiger partial charge on any atom is -0.490 e. The number of ether oxygens (including phenoxy) is 2.